The van der Waals surface area contributed by atoms with Gasteiger partial charge in [0.25, 0.3) is 0 Å². The van der Waals surface area contributed by atoms with Crippen LogP contribution in [0.15, 0.2) is 0 Å². The molecule has 114 valence electrons. The summed E-state index contributed by atoms with van der Waals surface area (Å²) in [5.41, 5.74) is 3.17. The molecule has 1 unspecified atom stereocenters. The SMILES string of the molecule is CCOC1(C(COC(C)C)NN)CCC(C)(C)CC1. The van der Waals surface area contributed by atoms with E-state index in [1.54, 1.807) is 0 Å². The second-order valence-electron chi connectivity index (χ2n) is 6.76. The van der Waals surface area contributed by atoms with Crippen molar-refractivity contribution < 1.29 is 9.47 Å². The number of hydrazine groups is 1. The van der Waals surface area contributed by atoms with Crippen LogP contribution in [0, 0.1) is 5.41 Å². The highest BCUT2D eigenvalue weighted by Crippen LogP contribution is 2.43. The zero-order valence-electron chi connectivity index (χ0n) is 13.3. The van der Waals surface area contributed by atoms with Gasteiger partial charge in [0.05, 0.1) is 24.4 Å². The third kappa shape index (κ3) is 4.71. The Morgan fingerprint density at radius 3 is 2.16 bits per heavy atom. The summed E-state index contributed by atoms with van der Waals surface area (Å²) >= 11 is 0. The molecule has 0 bridgehead atoms. The molecule has 0 radical (unpaired) electrons. The molecule has 19 heavy (non-hydrogen) atoms. The van der Waals surface area contributed by atoms with Crippen molar-refractivity contribution in [3.05, 3.63) is 0 Å². The summed E-state index contributed by atoms with van der Waals surface area (Å²) in [5, 5.41) is 0. The zero-order valence-corrected chi connectivity index (χ0v) is 13.3. The predicted octanol–water partition coefficient (Wildman–Crippen LogP) is 2.62. The molecule has 0 aromatic carbocycles. The van der Waals surface area contributed by atoms with Crippen molar-refractivity contribution in [3.63, 3.8) is 0 Å². The summed E-state index contributed by atoms with van der Waals surface area (Å²) in [7, 11) is 0. The molecular formula is C15H32N2O2. The molecule has 4 heteroatoms. The number of nitrogens with two attached hydrogens (primary N) is 1. The lowest BCUT2D eigenvalue weighted by molar-refractivity contribution is -0.123. The molecule has 3 N–H and O–H groups in total. The smallest absolute Gasteiger partial charge is 0.0870 e. The molecule has 0 saturated heterocycles. The molecule has 0 aromatic rings. The molecule has 1 atom stereocenters. The van der Waals surface area contributed by atoms with Crippen LogP contribution in [0.2, 0.25) is 0 Å². The second-order valence-corrected chi connectivity index (χ2v) is 6.76. The van der Waals surface area contributed by atoms with Crippen molar-refractivity contribution in [2.45, 2.75) is 78.0 Å². The van der Waals surface area contributed by atoms with E-state index >= 15 is 0 Å². The van der Waals surface area contributed by atoms with Gasteiger partial charge in [0.1, 0.15) is 0 Å². The highest BCUT2D eigenvalue weighted by atomic mass is 16.5. The molecule has 0 spiro atoms. The molecule has 0 aliphatic heterocycles. The minimum Gasteiger partial charge on any atom is -0.377 e. The summed E-state index contributed by atoms with van der Waals surface area (Å²) in [6.45, 7) is 12.1. The van der Waals surface area contributed by atoms with Gasteiger partial charge in [-0.3, -0.25) is 11.3 Å². The Morgan fingerprint density at radius 2 is 1.74 bits per heavy atom. The summed E-state index contributed by atoms with van der Waals surface area (Å²) in [5.74, 6) is 5.76. The van der Waals surface area contributed by atoms with Crippen LogP contribution in [0.25, 0.3) is 0 Å². The topological polar surface area (TPSA) is 56.5 Å². The third-order valence-corrected chi connectivity index (χ3v) is 4.31. The first-order valence-electron chi connectivity index (χ1n) is 7.57. The second kappa shape index (κ2) is 7.02. The van der Waals surface area contributed by atoms with E-state index in [-0.39, 0.29) is 17.7 Å². The lowest BCUT2D eigenvalue weighted by Gasteiger charge is -2.47. The van der Waals surface area contributed by atoms with Crippen molar-refractivity contribution in [1.29, 1.82) is 0 Å². The van der Waals surface area contributed by atoms with Gasteiger partial charge >= 0.3 is 0 Å². The van der Waals surface area contributed by atoms with Gasteiger partial charge in [-0.15, -0.1) is 0 Å². The molecule has 0 amide bonds. The van der Waals surface area contributed by atoms with Crippen molar-refractivity contribution in [3.8, 4) is 0 Å². The summed E-state index contributed by atoms with van der Waals surface area (Å²) in [6.07, 6.45) is 4.66. The van der Waals surface area contributed by atoms with E-state index in [4.69, 9.17) is 15.3 Å². The van der Waals surface area contributed by atoms with Gasteiger partial charge in [-0.05, 0) is 51.9 Å². The number of hydrogen-bond donors (Lipinski definition) is 2. The van der Waals surface area contributed by atoms with Gasteiger partial charge in [0.2, 0.25) is 0 Å². The minimum atomic E-state index is -0.173. The predicted molar refractivity (Wildman–Crippen MR) is 78.8 cm³/mol. The largest absolute Gasteiger partial charge is 0.377 e. The van der Waals surface area contributed by atoms with Crippen LogP contribution in [0.1, 0.15) is 60.3 Å². The van der Waals surface area contributed by atoms with Crippen LogP contribution in [0.5, 0.6) is 0 Å². The summed E-state index contributed by atoms with van der Waals surface area (Å²) < 4.78 is 11.9. The van der Waals surface area contributed by atoms with Gasteiger partial charge in [0, 0.05) is 6.61 Å². The first-order valence-corrected chi connectivity index (χ1v) is 7.57. The number of hydrogen-bond acceptors (Lipinski definition) is 4. The normalized spacial score (nSPS) is 23.5. The zero-order chi connectivity index (χ0) is 14.5. The third-order valence-electron chi connectivity index (χ3n) is 4.31. The Kier molecular flexibility index (Phi) is 6.24. The molecule has 4 nitrogen and oxygen atoms in total. The van der Waals surface area contributed by atoms with Crippen LogP contribution in [0.3, 0.4) is 0 Å². The first kappa shape index (κ1) is 16.9. The molecule has 0 heterocycles. The minimum absolute atomic E-state index is 0.0611. The highest BCUT2D eigenvalue weighted by molar-refractivity contribution is 4.98. The summed E-state index contributed by atoms with van der Waals surface area (Å²) in [6, 6.07) is 0.0611. The van der Waals surface area contributed by atoms with Crippen LogP contribution in [-0.4, -0.2) is 31.0 Å². The fraction of sp³-hybridized carbons (Fsp3) is 1.00. The molecule has 1 aliphatic carbocycles. The van der Waals surface area contributed by atoms with Crippen LogP contribution >= 0.6 is 0 Å². The quantitative estimate of drug-likeness (QED) is 0.552. The van der Waals surface area contributed by atoms with Gasteiger partial charge in [-0.25, -0.2) is 0 Å². The van der Waals surface area contributed by atoms with E-state index < -0.39 is 0 Å². The van der Waals surface area contributed by atoms with E-state index in [1.807, 2.05) is 13.8 Å². The van der Waals surface area contributed by atoms with Crippen molar-refractivity contribution in [2.75, 3.05) is 13.2 Å². The standard InChI is InChI=1S/C15H32N2O2/c1-6-19-15(9-7-14(4,5)8-10-15)13(17-16)11-18-12(2)3/h12-13,17H,6-11,16H2,1-5H3. The Bertz CT molecular complexity index is 257. The Hall–Kier alpha value is -0.160. The monoisotopic (exact) mass is 272 g/mol. The molecule has 1 aliphatic rings. The number of nitrogens with one attached hydrogen (secondary N) is 1. The van der Waals surface area contributed by atoms with Crippen molar-refractivity contribution >= 4 is 0 Å². The van der Waals surface area contributed by atoms with Gasteiger partial charge in [0.15, 0.2) is 0 Å². The van der Waals surface area contributed by atoms with Crippen LogP contribution < -0.4 is 11.3 Å². The molecule has 1 rings (SSSR count). The summed E-state index contributed by atoms with van der Waals surface area (Å²) in [4.78, 5) is 0. The van der Waals surface area contributed by atoms with Crippen molar-refractivity contribution in [1.82, 2.24) is 5.43 Å². The fourth-order valence-corrected chi connectivity index (χ4v) is 2.87. The van der Waals surface area contributed by atoms with Gasteiger partial charge in [-0.2, -0.15) is 0 Å². The maximum Gasteiger partial charge on any atom is 0.0870 e. The Balaban J connectivity index is 2.73. The average molecular weight is 272 g/mol. The average Bonchev–Trinajstić information content (AvgIpc) is 2.33. The van der Waals surface area contributed by atoms with Crippen molar-refractivity contribution in [2.24, 2.45) is 11.3 Å². The maximum atomic E-state index is 6.13. The highest BCUT2D eigenvalue weighted by Gasteiger charge is 2.44. The molecule has 1 saturated carbocycles. The lowest BCUT2D eigenvalue weighted by Crippen LogP contribution is -2.59. The van der Waals surface area contributed by atoms with Crippen LogP contribution in [-0.2, 0) is 9.47 Å². The Morgan fingerprint density at radius 1 is 1.16 bits per heavy atom. The molecule has 0 aromatic heterocycles. The first-order chi connectivity index (χ1) is 8.85. The fourth-order valence-electron chi connectivity index (χ4n) is 2.87. The van der Waals surface area contributed by atoms with E-state index in [1.165, 1.54) is 12.8 Å². The number of ether oxygens (including phenoxy) is 2. The van der Waals surface area contributed by atoms with E-state index in [0.29, 0.717) is 12.0 Å². The van der Waals surface area contributed by atoms with E-state index in [2.05, 4.69) is 26.2 Å². The van der Waals surface area contributed by atoms with E-state index in [9.17, 15) is 0 Å². The lowest BCUT2D eigenvalue weighted by atomic mass is 9.68. The van der Waals surface area contributed by atoms with E-state index in [0.717, 1.165) is 19.4 Å². The van der Waals surface area contributed by atoms with Gasteiger partial charge in [-0.1, -0.05) is 13.8 Å². The van der Waals surface area contributed by atoms with Crippen LogP contribution in [0.4, 0.5) is 0 Å². The molecular weight excluding hydrogens is 240 g/mol. The number of rotatable bonds is 7. The van der Waals surface area contributed by atoms with Gasteiger partial charge < -0.3 is 9.47 Å². The maximum absolute atomic E-state index is 6.13. The Labute approximate surface area is 118 Å². The molecule has 1 fully saturated rings.